The number of allylic oxidation sites excluding steroid dienone is 4. The number of rotatable bonds is 9. The molecular formula is C20H26ClN3O2. The highest BCUT2D eigenvalue weighted by molar-refractivity contribution is 6.33. The number of para-hydroxylation sites is 1. The molecule has 0 heterocycles. The molecule has 1 aromatic rings. The number of halogens is 1. The van der Waals surface area contributed by atoms with Crippen molar-refractivity contribution in [3.05, 3.63) is 52.6 Å². The summed E-state index contributed by atoms with van der Waals surface area (Å²) in [7, 11) is 0. The molecule has 0 saturated heterocycles. The van der Waals surface area contributed by atoms with Crippen LogP contribution in [0.25, 0.3) is 0 Å². The number of carbonyl (C=O) groups excluding carboxylic acids is 2. The van der Waals surface area contributed by atoms with Crippen LogP contribution in [0, 0.1) is 0 Å². The number of hydrogen-bond acceptors (Lipinski definition) is 3. The van der Waals surface area contributed by atoms with Gasteiger partial charge in [-0.3, -0.25) is 9.59 Å². The van der Waals surface area contributed by atoms with Gasteiger partial charge in [0.2, 0.25) is 11.8 Å². The molecule has 6 heteroatoms. The highest BCUT2D eigenvalue weighted by Crippen LogP contribution is 2.20. The average molecular weight is 376 g/mol. The first-order chi connectivity index (χ1) is 12.4. The Kier molecular flexibility index (Phi) is 10.0. The molecule has 0 atom stereocenters. The summed E-state index contributed by atoms with van der Waals surface area (Å²) in [6.07, 6.45) is 7.66. The van der Waals surface area contributed by atoms with E-state index >= 15 is 0 Å². The molecule has 2 amide bonds. The van der Waals surface area contributed by atoms with E-state index in [1.807, 2.05) is 13.0 Å². The molecule has 5 nitrogen and oxygen atoms in total. The molecule has 0 aliphatic carbocycles. The van der Waals surface area contributed by atoms with Crippen molar-refractivity contribution in [1.82, 2.24) is 5.43 Å². The summed E-state index contributed by atoms with van der Waals surface area (Å²) >= 11 is 5.97. The van der Waals surface area contributed by atoms with Gasteiger partial charge in [-0.2, -0.15) is 5.10 Å². The average Bonchev–Trinajstić information content (AvgIpc) is 2.58. The van der Waals surface area contributed by atoms with E-state index in [0.717, 1.165) is 12.8 Å². The van der Waals surface area contributed by atoms with Crippen LogP contribution in [0.5, 0.6) is 0 Å². The van der Waals surface area contributed by atoms with Gasteiger partial charge in [0.05, 0.1) is 10.7 Å². The number of anilines is 1. The van der Waals surface area contributed by atoms with E-state index in [0.29, 0.717) is 10.7 Å². The number of hydrazone groups is 1. The highest BCUT2D eigenvalue weighted by Gasteiger charge is 2.08. The molecule has 26 heavy (non-hydrogen) atoms. The Morgan fingerprint density at radius 1 is 1.08 bits per heavy atom. The van der Waals surface area contributed by atoms with Crippen LogP contribution in [0.4, 0.5) is 5.69 Å². The summed E-state index contributed by atoms with van der Waals surface area (Å²) in [5.41, 5.74) is 5.43. The van der Waals surface area contributed by atoms with Crippen molar-refractivity contribution in [3.63, 3.8) is 0 Å². The molecule has 0 aliphatic rings. The van der Waals surface area contributed by atoms with Gasteiger partial charge in [0.25, 0.3) is 0 Å². The number of carbonyl (C=O) groups is 2. The second-order valence-electron chi connectivity index (χ2n) is 6.17. The van der Waals surface area contributed by atoms with E-state index < -0.39 is 0 Å². The van der Waals surface area contributed by atoms with Gasteiger partial charge in [0.15, 0.2) is 0 Å². The second kappa shape index (κ2) is 12.0. The van der Waals surface area contributed by atoms with Crippen molar-refractivity contribution in [3.8, 4) is 0 Å². The van der Waals surface area contributed by atoms with Gasteiger partial charge >= 0.3 is 0 Å². The zero-order chi connectivity index (χ0) is 19.4. The lowest BCUT2D eigenvalue weighted by Gasteiger charge is -2.06. The fourth-order valence-corrected chi connectivity index (χ4v) is 2.19. The number of nitrogens with zero attached hydrogens (tertiary/aromatic N) is 1. The second-order valence-corrected chi connectivity index (χ2v) is 6.58. The Labute approximate surface area is 160 Å². The van der Waals surface area contributed by atoms with E-state index in [2.05, 4.69) is 35.8 Å². The summed E-state index contributed by atoms with van der Waals surface area (Å²) in [6.45, 7) is 6.17. The maximum absolute atomic E-state index is 11.8. The number of amides is 2. The standard InChI is InChI=1S/C20H26ClN3O2/c1-15(2)7-6-8-16(3)13-14-22-24-20(26)12-11-19(25)23-18-10-5-4-9-17(18)21/h4-5,7,9-10,13-14H,6,8,11-12H2,1-3H3,(H,23,25)(H,24,26)/b16-13-,22-14+. The maximum Gasteiger partial charge on any atom is 0.240 e. The molecule has 0 unspecified atom stereocenters. The SMILES string of the molecule is CC(C)=CCC/C(C)=C\C=N\NC(=O)CCC(=O)Nc1ccccc1Cl. The predicted molar refractivity (Wildman–Crippen MR) is 108 cm³/mol. The maximum atomic E-state index is 11.8. The van der Waals surface area contributed by atoms with Gasteiger partial charge in [-0.15, -0.1) is 0 Å². The van der Waals surface area contributed by atoms with Gasteiger partial charge in [-0.05, 0) is 51.8 Å². The van der Waals surface area contributed by atoms with Crippen LogP contribution >= 0.6 is 11.6 Å². The molecule has 0 bridgehead atoms. The minimum atomic E-state index is -0.314. The van der Waals surface area contributed by atoms with E-state index in [4.69, 9.17) is 11.6 Å². The van der Waals surface area contributed by atoms with Crippen molar-refractivity contribution in [2.45, 2.75) is 46.5 Å². The van der Waals surface area contributed by atoms with E-state index in [1.54, 1.807) is 30.5 Å². The summed E-state index contributed by atoms with van der Waals surface area (Å²) in [6, 6.07) is 6.95. The van der Waals surface area contributed by atoms with Crippen LogP contribution in [-0.2, 0) is 9.59 Å². The summed E-state index contributed by atoms with van der Waals surface area (Å²) < 4.78 is 0. The molecule has 2 N–H and O–H groups in total. The Morgan fingerprint density at radius 3 is 2.46 bits per heavy atom. The van der Waals surface area contributed by atoms with E-state index in [9.17, 15) is 9.59 Å². The summed E-state index contributed by atoms with van der Waals surface area (Å²) in [5, 5.41) is 6.99. The lowest BCUT2D eigenvalue weighted by molar-refractivity contribution is -0.124. The topological polar surface area (TPSA) is 70.6 Å². The summed E-state index contributed by atoms with van der Waals surface area (Å²) in [5.74, 6) is -0.585. The van der Waals surface area contributed by atoms with Gasteiger partial charge in [0, 0.05) is 19.1 Å². The Morgan fingerprint density at radius 2 is 1.77 bits per heavy atom. The summed E-state index contributed by atoms with van der Waals surface area (Å²) in [4.78, 5) is 23.5. The Bertz CT molecular complexity index is 705. The third-order valence-corrected chi connectivity index (χ3v) is 3.77. The van der Waals surface area contributed by atoms with Crippen molar-refractivity contribution in [1.29, 1.82) is 0 Å². The van der Waals surface area contributed by atoms with Gasteiger partial charge in [-0.1, -0.05) is 41.0 Å². The fourth-order valence-electron chi connectivity index (χ4n) is 2.00. The third kappa shape index (κ3) is 9.79. The molecule has 0 fully saturated rings. The number of hydrogen-bond donors (Lipinski definition) is 2. The highest BCUT2D eigenvalue weighted by atomic mass is 35.5. The fraction of sp³-hybridized carbons (Fsp3) is 0.350. The van der Waals surface area contributed by atoms with Crippen molar-refractivity contribution in [2.75, 3.05) is 5.32 Å². The normalized spacial score (nSPS) is 11.3. The first kappa shape index (κ1) is 21.6. The van der Waals surface area contributed by atoms with Crippen LogP contribution in [0.15, 0.2) is 52.7 Å². The Hall–Kier alpha value is -2.40. The molecule has 0 aliphatic heterocycles. The molecule has 0 saturated carbocycles. The lowest BCUT2D eigenvalue weighted by Crippen LogP contribution is -2.20. The Balaban J connectivity index is 2.28. The van der Waals surface area contributed by atoms with Crippen LogP contribution < -0.4 is 10.7 Å². The quantitative estimate of drug-likeness (QED) is 0.368. The predicted octanol–water partition coefficient (Wildman–Crippen LogP) is 4.85. The molecule has 0 radical (unpaired) electrons. The first-order valence-corrected chi connectivity index (χ1v) is 8.91. The monoisotopic (exact) mass is 375 g/mol. The largest absolute Gasteiger partial charge is 0.325 e. The molecule has 1 aromatic carbocycles. The van der Waals surface area contributed by atoms with Gasteiger partial charge in [-0.25, -0.2) is 5.43 Å². The van der Waals surface area contributed by atoms with Gasteiger partial charge in [0.1, 0.15) is 0 Å². The molecular weight excluding hydrogens is 350 g/mol. The van der Waals surface area contributed by atoms with Crippen LogP contribution in [0.1, 0.15) is 46.5 Å². The van der Waals surface area contributed by atoms with Crippen LogP contribution in [-0.4, -0.2) is 18.0 Å². The van der Waals surface area contributed by atoms with Crippen LogP contribution in [0.3, 0.4) is 0 Å². The van der Waals surface area contributed by atoms with E-state index in [1.165, 1.54) is 11.1 Å². The first-order valence-electron chi connectivity index (χ1n) is 8.54. The molecule has 1 rings (SSSR count). The minimum Gasteiger partial charge on any atom is -0.325 e. The molecule has 0 aromatic heterocycles. The zero-order valence-electron chi connectivity index (χ0n) is 15.5. The van der Waals surface area contributed by atoms with Gasteiger partial charge < -0.3 is 5.32 Å². The van der Waals surface area contributed by atoms with Crippen molar-refractivity contribution in [2.24, 2.45) is 5.10 Å². The smallest absolute Gasteiger partial charge is 0.240 e. The van der Waals surface area contributed by atoms with Crippen molar-refractivity contribution >= 4 is 35.3 Å². The molecule has 0 spiro atoms. The minimum absolute atomic E-state index is 0.0525. The van der Waals surface area contributed by atoms with E-state index in [-0.39, 0.29) is 24.7 Å². The van der Waals surface area contributed by atoms with Crippen LogP contribution in [0.2, 0.25) is 5.02 Å². The number of benzene rings is 1. The lowest BCUT2D eigenvalue weighted by atomic mass is 10.1. The number of nitrogens with one attached hydrogen (secondary N) is 2. The zero-order valence-corrected chi connectivity index (χ0v) is 16.3. The third-order valence-electron chi connectivity index (χ3n) is 3.44. The van der Waals surface area contributed by atoms with Crippen molar-refractivity contribution < 1.29 is 9.59 Å². The molecule has 140 valence electrons.